The number of aryl methyl sites for hydroxylation is 1. The Bertz CT molecular complexity index is 965. The number of rotatable bonds is 6. The first kappa shape index (κ1) is 21.1. The van der Waals surface area contributed by atoms with Gasteiger partial charge in [0.05, 0.1) is 19.1 Å². The molecule has 29 heavy (non-hydrogen) atoms. The monoisotopic (exact) mass is 418 g/mol. The molecule has 1 N–H and O–H groups in total. The minimum atomic E-state index is -3.67. The Kier molecular flexibility index (Phi) is 6.44. The Hall–Kier alpha value is -2.58. The van der Waals surface area contributed by atoms with E-state index >= 15 is 0 Å². The molecule has 0 atom stereocenters. The van der Waals surface area contributed by atoms with E-state index in [4.69, 9.17) is 9.47 Å². The number of amides is 1. The number of carbonyl (C=O) groups excluding carboxylic acids is 1. The highest BCUT2D eigenvalue weighted by molar-refractivity contribution is 7.89. The summed E-state index contributed by atoms with van der Waals surface area (Å²) in [4.78, 5) is 12.7. The van der Waals surface area contributed by atoms with Crippen molar-refractivity contribution in [1.29, 1.82) is 0 Å². The number of ether oxygens (including phenoxy) is 2. The van der Waals surface area contributed by atoms with Crippen LogP contribution in [0.3, 0.4) is 0 Å². The third kappa shape index (κ3) is 4.71. The van der Waals surface area contributed by atoms with E-state index in [1.807, 2.05) is 31.2 Å². The fraction of sp³-hybridized carbons (Fsp3) is 0.381. The van der Waals surface area contributed by atoms with Gasteiger partial charge in [-0.25, -0.2) is 8.42 Å². The molecule has 0 aliphatic carbocycles. The molecule has 8 heteroatoms. The molecule has 1 amide bonds. The van der Waals surface area contributed by atoms with Crippen molar-refractivity contribution >= 4 is 21.6 Å². The molecule has 0 aromatic heterocycles. The van der Waals surface area contributed by atoms with Gasteiger partial charge in [0, 0.05) is 30.8 Å². The van der Waals surface area contributed by atoms with Crippen molar-refractivity contribution in [3.05, 3.63) is 48.0 Å². The molecule has 1 heterocycles. The molecular weight excluding hydrogens is 392 g/mol. The molecule has 1 saturated heterocycles. The normalized spacial score (nSPS) is 15.7. The zero-order valence-corrected chi connectivity index (χ0v) is 17.7. The predicted molar refractivity (Wildman–Crippen MR) is 111 cm³/mol. The molecule has 3 rings (SSSR count). The summed E-state index contributed by atoms with van der Waals surface area (Å²) in [5, 5.41) is 2.91. The number of anilines is 1. The second-order valence-electron chi connectivity index (χ2n) is 7.05. The highest BCUT2D eigenvalue weighted by Gasteiger charge is 2.32. The van der Waals surface area contributed by atoms with Crippen molar-refractivity contribution in [2.45, 2.75) is 24.7 Å². The largest absolute Gasteiger partial charge is 0.493 e. The van der Waals surface area contributed by atoms with Crippen LogP contribution in [0.4, 0.5) is 5.69 Å². The minimum absolute atomic E-state index is 0.0722. The molecule has 0 radical (unpaired) electrons. The van der Waals surface area contributed by atoms with Gasteiger partial charge in [0.1, 0.15) is 0 Å². The maximum Gasteiger partial charge on any atom is 0.243 e. The standard InChI is InChI=1S/C21H26N2O5S/c1-15-4-6-17(7-5-15)22-21(24)16-10-12-23(13-11-16)29(25,26)18-8-9-19(27-2)20(14-18)28-3/h4-9,14,16H,10-13H2,1-3H3,(H,22,24). The number of methoxy groups -OCH3 is 2. The number of hydrogen-bond donors (Lipinski definition) is 1. The summed E-state index contributed by atoms with van der Waals surface area (Å²) < 4.78 is 37.8. The lowest BCUT2D eigenvalue weighted by Crippen LogP contribution is -2.41. The van der Waals surface area contributed by atoms with Crippen LogP contribution >= 0.6 is 0 Å². The Labute approximate surface area is 171 Å². The Morgan fingerprint density at radius 3 is 2.21 bits per heavy atom. The summed E-state index contributed by atoms with van der Waals surface area (Å²) in [5.74, 6) is 0.545. The predicted octanol–water partition coefficient (Wildman–Crippen LogP) is 3.05. The van der Waals surface area contributed by atoms with Crippen molar-refractivity contribution in [3.8, 4) is 11.5 Å². The van der Waals surface area contributed by atoms with E-state index in [-0.39, 0.29) is 16.7 Å². The number of piperidine rings is 1. The molecule has 156 valence electrons. The van der Waals surface area contributed by atoms with Crippen LogP contribution in [0.2, 0.25) is 0 Å². The third-order valence-corrected chi connectivity index (χ3v) is 7.03. The highest BCUT2D eigenvalue weighted by Crippen LogP contribution is 2.32. The number of carbonyl (C=O) groups is 1. The Morgan fingerprint density at radius 1 is 1.00 bits per heavy atom. The third-order valence-electron chi connectivity index (χ3n) is 5.14. The lowest BCUT2D eigenvalue weighted by molar-refractivity contribution is -0.120. The van der Waals surface area contributed by atoms with Crippen molar-refractivity contribution < 1.29 is 22.7 Å². The smallest absolute Gasteiger partial charge is 0.243 e. The van der Waals surface area contributed by atoms with E-state index in [9.17, 15) is 13.2 Å². The molecule has 0 unspecified atom stereocenters. The topological polar surface area (TPSA) is 84.9 Å². The van der Waals surface area contributed by atoms with Gasteiger partial charge in [0.2, 0.25) is 15.9 Å². The molecular formula is C21H26N2O5S. The molecule has 0 bridgehead atoms. The summed E-state index contributed by atoms with van der Waals surface area (Å²) in [6.07, 6.45) is 0.953. The minimum Gasteiger partial charge on any atom is -0.493 e. The van der Waals surface area contributed by atoms with Gasteiger partial charge in [-0.3, -0.25) is 4.79 Å². The van der Waals surface area contributed by atoms with E-state index in [0.29, 0.717) is 37.4 Å². The van der Waals surface area contributed by atoms with Crippen molar-refractivity contribution in [1.82, 2.24) is 4.31 Å². The molecule has 1 fully saturated rings. The number of nitrogens with zero attached hydrogens (tertiary/aromatic N) is 1. The van der Waals surface area contributed by atoms with E-state index in [1.165, 1.54) is 30.7 Å². The highest BCUT2D eigenvalue weighted by atomic mass is 32.2. The molecule has 1 aliphatic heterocycles. The summed E-state index contributed by atoms with van der Waals surface area (Å²) in [6.45, 7) is 2.57. The van der Waals surface area contributed by atoms with E-state index < -0.39 is 10.0 Å². The van der Waals surface area contributed by atoms with E-state index in [0.717, 1.165) is 11.3 Å². The maximum absolute atomic E-state index is 13.0. The zero-order chi connectivity index (χ0) is 21.0. The van der Waals surface area contributed by atoms with Gasteiger partial charge in [0.25, 0.3) is 0 Å². The summed E-state index contributed by atoms with van der Waals surface area (Å²) in [6, 6.07) is 12.2. The summed E-state index contributed by atoms with van der Waals surface area (Å²) in [5.41, 5.74) is 1.87. The van der Waals surface area contributed by atoms with Gasteiger partial charge in [0.15, 0.2) is 11.5 Å². The van der Waals surface area contributed by atoms with Gasteiger partial charge in [-0.1, -0.05) is 17.7 Å². The van der Waals surface area contributed by atoms with E-state index in [1.54, 1.807) is 6.07 Å². The van der Waals surface area contributed by atoms with Gasteiger partial charge in [-0.2, -0.15) is 4.31 Å². The molecule has 0 saturated carbocycles. The van der Waals surface area contributed by atoms with Crippen molar-refractivity contribution in [2.75, 3.05) is 32.6 Å². The SMILES string of the molecule is COc1ccc(S(=O)(=O)N2CCC(C(=O)Nc3ccc(C)cc3)CC2)cc1OC. The average molecular weight is 419 g/mol. The molecule has 2 aromatic carbocycles. The lowest BCUT2D eigenvalue weighted by atomic mass is 9.97. The fourth-order valence-electron chi connectivity index (χ4n) is 3.37. The van der Waals surface area contributed by atoms with Gasteiger partial charge in [-0.15, -0.1) is 0 Å². The molecule has 1 aliphatic rings. The van der Waals surface area contributed by atoms with Crippen LogP contribution in [0.1, 0.15) is 18.4 Å². The first-order chi connectivity index (χ1) is 13.8. The number of nitrogens with one attached hydrogen (secondary N) is 1. The van der Waals surface area contributed by atoms with Gasteiger partial charge >= 0.3 is 0 Å². The van der Waals surface area contributed by atoms with Crippen LogP contribution < -0.4 is 14.8 Å². The second-order valence-corrected chi connectivity index (χ2v) is 8.99. The van der Waals surface area contributed by atoms with Crippen LogP contribution in [0.25, 0.3) is 0 Å². The quantitative estimate of drug-likeness (QED) is 0.779. The van der Waals surface area contributed by atoms with Crippen LogP contribution in [-0.4, -0.2) is 45.9 Å². The Balaban J connectivity index is 1.65. The maximum atomic E-state index is 13.0. The Morgan fingerprint density at radius 2 is 1.62 bits per heavy atom. The number of sulfonamides is 1. The average Bonchev–Trinajstić information content (AvgIpc) is 2.74. The second kappa shape index (κ2) is 8.84. The molecule has 0 spiro atoms. The van der Waals surface area contributed by atoms with Gasteiger partial charge in [-0.05, 0) is 44.0 Å². The van der Waals surface area contributed by atoms with Crippen LogP contribution in [-0.2, 0) is 14.8 Å². The van der Waals surface area contributed by atoms with Crippen molar-refractivity contribution in [3.63, 3.8) is 0 Å². The van der Waals surface area contributed by atoms with Crippen LogP contribution in [0.5, 0.6) is 11.5 Å². The first-order valence-corrected chi connectivity index (χ1v) is 10.9. The summed E-state index contributed by atoms with van der Waals surface area (Å²) >= 11 is 0. The number of hydrogen-bond acceptors (Lipinski definition) is 5. The first-order valence-electron chi connectivity index (χ1n) is 9.45. The van der Waals surface area contributed by atoms with Crippen LogP contribution in [0.15, 0.2) is 47.4 Å². The number of benzene rings is 2. The van der Waals surface area contributed by atoms with Crippen LogP contribution in [0, 0.1) is 12.8 Å². The molecule has 2 aromatic rings. The molecule has 7 nitrogen and oxygen atoms in total. The van der Waals surface area contributed by atoms with E-state index in [2.05, 4.69) is 5.32 Å². The lowest BCUT2D eigenvalue weighted by Gasteiger charge is -2.30. The zero-order valence-electron chi connectivity index (χ0n) is 16.8. The fourth-order valence-corrected chi connectivity index (χ4v) is 4.85. The van der Waals surface area contributed by atoms with Crippen molar-refractivity contribution in [2.24, 2.45) is 5.92 Å². The summed E-state index contributed by atoms with van der Waals surface area (Å²) in [7, 11) is -0.703. The van der Waals surface area contributed by atoms with Gasteiger partial charge < -0.3 is 14.8 Å².